The topological polar surface area (TPSA) is 92.5 Å². The molecule has 0 fully saturated rings. The van der Waals surface area contributed by atoms with Crippen LogP contribution in [-0.2, 0) is 27.8 Å². The van der Waals surface area contributed by atoms with Crippen LogP contribution >= 0.6 is 11.6 Å². The Bertz CT molecular complexity index is 960. The van der Waals surface area contributed by atoms with E-state index in [0.717, 1.165) is 17.8 Å². The van der Waals surface area contributed by atoms with Crippen molar-refractivity contribution in [3.63, 3.8) is 0 Å². The molecule has 0 aliphatic heterocycles. The average molecular weight is 402 g/mol. The van der Waals surface area contributed by atoms with E-state index in [4.69, 9.17) is 16.7 Å². The lowest BCUT2D eigenvalue weighted by atomic mass is 9.93. The summed E-state index contributed by atoms with van der Waals surface area (Å²) in [6.45, 7) is -0.272. The molecule has 1 N–H and O–H groups in total. The van der Waals surface area contributed by atoms with Gasteiger partial charge in [0.25, 0.3) is 0 Å². The lowest BCUT2D eigenvalue weighted by Crippen LogP contribution is -2.33. The largest absolute Gasteiger partial charge is 0.480 e. The van der Waals surface area contributed by atoms with Gasteiger partial charge in [-0.2, -0.15) is 9.40 Å². The number of fused-ring (bicyclic) bond motifs is 1. The van der Waals surface area contributed by atoms with Crippen LogP contribution in [0, 0.1) is 5.82 Å². The van der Waals surface area contributed by atoms with Crippen molar-refractivity contribution in [1.82, 2.24) is 14.1 Å². The fourth-order valence-corrected chi connectivity index (χ4v) is 4.85. The van der Waals surface area contributed by atoms with E-state index in [1.54, 1.807) is 0 Å². The van der Waals surface area contributed by atoms with Crippen LogP contribution in [-0.4, -0.2) is 40.6 Å². The number of rotatable bonds is 5. The third kappa shape index (κ3) is 3.34. The predicted octanol–water partition coefficient (Wildman–Crippen LogP) is 2.46. The highest BCUT2D eigenvalue weighted by atomic mass is 35.5. The van der Waals surface area contributed by atoms with Gasteiger partial charge in [-0.05, 0) is 37.5 Å². The van der Waals surface area contributed by atoms with Crippen LogP contribution in [0.2, 0.25) is 5.02 Å². The molecule has 0 unspecified atom stereocenters. The second-order valence-electron chi connectivity index (χ2n) is 6.10. The molecule has 1 aliphatic carbocycles. The van der Waals surface area contributed by atoms with E-state index >= 15 is 0 Å². The number of aliphatic carboxylic acids is 1. The molecule has 140 valence electrons. The van der Waals surface area contributed by atoms with Gasteiger partial charge in [-0.3, -0.25) is 9.48 Å². The molecule has 0 spiro atoms. The molecule has 1 aliphatic rings. The average Bonchev–Trinajstić information content (AvgIpc) is 2.99. The minimum atomic E-state index is -3.91. The van der Waals surface area contributed by atoms with Crippen molar-refractivity contribution < 1.29 is 22.7 Å². The van der Waals surface area contributed by atoms with Gasteiger partial charge >= 0.3 is 5.97 Å². The second kappa shape index (κ2) is 6.98. The first-order valence-electron chi connectivity index (χ1n) is 7.91. The summed E-state index contributed by atoms with van der Waals surface area (Å²) in [5.41, 5.74) is 1.42. The summed E-state index contributed by atoms with van der Waals surface area (Å²) < 4.78 is 41.8. The van der Waals surface area contributed by atoms with E-state index in [0.29, 0.717) is 24.8 Å². The minimum absolute atomic E-state index is 0.101. The lowest BCUT2D eigenvalue weighted by molar-refractivity contribution is -0.137. The first-order chi connectivity index (χ1) is 12.2. The molecule has 1 atom stereocenters. The van der Waals surface area contributed by atoms with Crippen LogP contribution < -0.4 is 0 Å². The van der Waals surface area contributed by atoms with E-state index in [2.05, 4.69) is 5.10 Å². The third-order valence-corrected chi connectivity index (χ3v) is 6.68. The van der Waals surface area contributed by atoms with Crippen LogP contribution in [0.15, 0.2) is 29.3 Å². The molecule has 1 aromatic carbocycles. The first-order valence-corrected chi connectivity index (χ1v) is 9.73. The molecule has 26 heavy (non-hydrogen) atoms. The van der Waals surface area contributed by atoms with Crippen LogP contribution in [0.1, 0.15) is 30.1 Å². The number of hydrogen-bond acceptors (Lipinski definition) is 4. The molecular formula is C16H17ClFN3O4S. The van der Waals surface area contributed by atoms with Gasteiger partial charge in [0.2, 0.25) is 10.0 Å². The Hall–Kier alpha value is -1.97. The quantitative estimate of drug-likeness (QED) is 0.830. The van der Waals surface area contributed by atoms with Crippen LogP contribution in [0.25, 0.3) is 0 Å². The van der Waals surface area contributed by atoms with Gasteiger partial charge in [-0.1, -0.05) is 11.6 Å². The summed E-state index contributed by atoms with van der Waals surface area (Å²) in [6, 6.07) is 2.79. The van der Waals surface area contributed by atoms with E-state index in [-0.39, 0.29) is 16.5 Å². The molecule has 0 radical (unpaired) electrons. The SMILES string of the molecule is CN([C@@H]1CCCc2c1cnn2CC(=O)O)S(=O)(=O)c1ccc(F)c(Cl)c1. The van der Waals surface area contributed by atoms with Crippen molar-refractivity contribution in [1.29, 1.82) is 0 Å². The highest BCUT2D eigenvalue weighted by molar-refractivity contribution is 7.89. The highest BCUT2D eigenvalue weighted by Gasteiger charge is 2.34. The van der Waals surface area contributed by atoms with Crippen molar-refractivity contribution in [3.8, 4) is 0 Å². The maximum Gasteiger partial charge on any atom is 0.325 e. The van der Waals surface area contributed by atoms with Gasteiger partial charge < -0.3 is 5.11 Å². The maximum absolute atomic E-state index is 13.3. The number of carboxylic acid groups (broad SMARTS) is 1. The lowest BCUT2D eigenvalue weighted by Gasteiger charge is -2.31. The summed E-state index contributed by atoms with van der Waals surface area (Å²) in [5, 5.41) is 12.8. The van der Waals surface area contributed by atoms with Crippen molar-refractivity contribution in [2.45, 2.75) is 36.7 Å². The monoisotopic (exact) mass is 401 g/mol. The van der Waals surface area contributed by atoms with Crippen molar-refractivity contribution in [2.24, 2.45) is 0 Å². The van der Waals surface area contributed by atoms with Gasteiger partial charge in [0, 0.05) is 18.3 Å². The predicted molar refractivity (Wildman–Crippen MR) is 91.9 cm³/mol. The van der Waals surface area contributed by atoms with Crippen LogP contribution in [0.3, 0.4) is 0 Å². The van der Waals surface area contributed by atoms with E-state index in [1.807, 2.05) is 0 Å². The number of carboxylic acids is 1. The van der Waals surface area contributed by atoms with Crippen molar-refractivity contribution >= 4 is 27.6 Å². The van der Waals surface area contributed by atoms with Crippen molar-refractivity contribution in [3.05, 3.63) is 46.5 Å². The number of carbonyl (C=O) groups is 1. The van der Waals surface area contributed by atoms with Crippen LogP contribution in [0.4, 0.5) is 4.39 Å². The van der Waals surface area contributed by atoms with Gasteiger partial charge in [0.05, 0.1) is 22.2 Å². The Labute approximate surface area is 155 Å². The molecule has 0 bridgehead atoms. The fourth-order valence-electron chi connectivity index (χ4n) is 3.21. The summed E-state index contributed by atoms with van der Waals surface area (Å²) in [7, 11) is -2.46. The smallest absolute Gasteiger partial charge is 0.325 e. The van der Waals surface area contributed by atoms with E-state index in [9.17, 15) is 17.6 Å². The highest BCUT2D eigenvalue weighted by Crippen LogP contribution is 2.36. The third-order valence-electron chi connectivity index (χ3n) is 4.52. The fraction of sp³-hybridized carbons (Fsp3) is 0.375. The summed E-state index contributed by atoms with van der Waals surface area (Å²) >= 11 is 5.72. The van der Waals surface area contributed by atoms with Crippen LogP contribution in [0.5, 0.6) is 0 Å². The number of nitrogens with zero attached hydrogens (tertiary/aromatic N) is 3. The number of benzene rings is 1. The molecule has 0 amide bonds. The van der Waals surface area contributed by atoms with Gasteiger partial charge in [-0.15, -0.1) is 0 Å². The molecule has 1 heterocycles. The molecule has 1 aromatic heterocycles. The molecular weight excluding hydrogens is 385 g/mol. The van der Waals surface area contributed by atoms with Gasteiger partial charge in [-0.25, -0.2) is 12.8 Å². The molecule has 2 aromatic rings. The Morgan fingerprint density at radius 3 is 2.88 bits per heavy atom. The Morgan fingerprint density at radius 2 is 2.23 bits per heavy atom. The van der Waals surface area contributed by atoms with E-state index in [1.165, 1.54) is 28.3 Å². The normalized spacial score (nSPS) is 17.3. The summed E-state index contributed by atoms with van der Waals surface area (Å²) in [5.74, 6) is -1.71. The molecule has 7 nitrogen and oxygen atoms in total. The zero-order chi connectivity index (χ0) is 19.1. The Morgan fingerprint density at radius 1 is 1.50 bits per heavy atom. The standard InChI is InChI=1S/C16H17ClFN3O4S/c1-20(26(24,25)10-5-6-13(18)12(17)7-10)14-3-2-4-15-11(14)8-19-21(15)9-16(22)23/h5-8,14H,2-4,9H2,1H3,(H,22,23)/t14-/m1/s1. The number of hydrogen-bond donors (Lipinski definition) is 1. The minimum Gasteiger partial charge on any atom is -0.480 e. The Kier molecular flexibility index (Phi) is 5.05. The first kappa shape index (κ1) is 18.8. The molecule has 10 heteroatoms. The zero-order valence-corrected chi connectivity index (χ0v) is 15.5. The number of halogens is 2. The number of sulfonamides is 1. The van der Waals surface area contributed by atoms with E-state index < -0.39 is 27.9 Å². The Balaban J connectivity index is 1.96. The second-order valence-corrected chi connectivity index (χ2v) is 8.51. The van der Waals surface area contributed by atoms with Crippen molar-refractivity contribution in [2.75, 3.05) is 7.05 Å². The molecule has 0 saturated heterocycles. The number of aromatic nitrogens is 2. The summed E-state index contributed by atoms with van der Waals surface area (Å²) in [4.78, 5) is 10.9. The zero-order valence-electron chi connectivity index (χ0n) is 13.9. The molecule has 0 saturated carbocycles. The summed E-state index contributed by atoms with van der Waals surface area (Å²) in [6.07, 6.45) is 3.44. The van der Waals surface area contributed by atoms with Gasteiger partial charge in [0.15, 0.2) is 0 Å². The molecule has 3 rings (SSSR count). The maximum atomic E-state index is 13.3. The van der Waals surface area contributed by atoms with Gasteiger partial charge in [0.1, 0.15) is 12.4 Å².